The minimum absolute atomic E-state index is 0.0794. The Morgan fingerprint density at radius 2 is 1.89 bits per heavy atom. The van der Waals surface area contributed by atoms with Gasteiger partial charge in [-0.1, -0.05) is 24.3 Å². The molecule has 27 heavy (non-hydrogen) atoms. The van der Waals surface area contributed by atoms with Crippen molar-refractivity contribution in [2.24, 2.45) is 0 Å². The Morgan fingerprint density at radius 1 is 1.19 bits per heavy atom. The van der Waals surface area contributed by atoms with Crippen molar-refractivity contribution in [2.45, 2.75) is 31.8 Å². The van der Waals surface area contributed by atoms with Crippen molar-refractivity contribution < 1.29 is 14.3 Å². The summed E-state index contributed by atoms with van der Waals surface area (Å²) in [5, 5.41) is 6.12. The third kappa shape index (κ3) is 4.91. The van der Waals surface area contributed by atoms with Gasteiger partial charge < -0.3 is 15.4 Å². The first-order valence-corrected chi connectivity index (χ1v) is 8.77. The lowest BCUT2D eigenvalue weighted by molar-refractivity contribution is -0.134. The van der Waals surface area contributed by atoms with Gasteiger partial charge >= 0.3 is 5.97 Å². The molecule has 0 bridgehead atoms. The molecule has 1 amide bonds. The van der Waals surface area contributed by atoms with Crippen molar-refractivity contribution in [2.75, 3.05) is 12.4 Å². The molecule has 0 saturated heterocycles. The molecular weight excluding hydrogens is 344 g/mol. The number of anilines is 1. The summed E-state index contributed by atoms with van der Waals surface area (Å²) in [5.74, 6) is -0.0507. The van der Waals surface area contributed by atoms with Gasteiger partial charge in [0.15, 0.2) is 0 Å². The largest absolute Gasteiger partial charge is 0.466 e. The monoisotopic (exact) mass is 366 g/mol. The van der Waals surface area contributed by atoms with Gasteiger partial charge in [-0.2, -0.15) is 0 Å². The highest BCUT2D eigenvalue weighted by atomic mass is 16.5. The van der Waals surface area contributed by atoms with Crippen LogP contribution in [0.3, 0.4) is 0 Å². The molecule has 1 heterocycles. The summed E-state index contributed by atoms with van der Waals surface area (Å²) in [6.45, 7) is 1.78. The summed E-state index contributed by atoms with van der Waals surface area (Å²) in [4.78, 5) is 31.9. The Bertz CT molecular complexity index is 824. The Morgan fingerprint density at radius 3 is 2.48 bits per heavy atom. The summed E-state index contributed by atoms with van der Waals surface area (Å²) in [5.41, 5.74) is 3.11. The summed E-state index contributed by atoms with van der Waals surface area (Å²) < 4.78 is 4.52. The van der Waals surface area contributed by atoms with E-state index < -0.39 is 12.0 Å². The molecule has 2 aromatic rings. The second kappa shape index (κ2) is 8.44. The molecule has 0 radical (unpaired) electrons. The number of nitrogens with one attached hydrogen (secondary N) is 2. The van der Waals surface area contributed by atoms with Crippen LogP contribution in [0.25, 0.3) is 6.08 Å². The van der Waals surface area contributed by atoms with Crippen molar-refractivity contribution in [3.63, 3.8) is 0 Å². The van der Waals surface area contributed by atoms with Crippen LogP contribution in [0.1, 0.15) is 23.7 Å². The Balaban J connectivity index is 1.51. The molecular formula is C20H22N4O3. The number of aromatic nitrogens is 2. The van der Waals surface area contributed by atoms with Crippen molar-refractivity contribution in [3.8, 4) is 0 Å². The van der Waals surface area contributed by atoms with Crippen LogP contribution in [-0.4, -0.2) is 41.0 Å². The fourth-order valence-electron chi connectivity index (χ4n) is 2.99. The first-order chi connectivity index (χ1) is 13.0. The SMILES string of the molecule is COC(=O)C=Cc1cnc(N[C@H](C)C(=O)NC2Cc3ccccc3C2)cn1. The Hall–Kier alpha value is -3.22. The van der Waals surface area contributed by atoms with Crippen LogP contribution < -0.4 is 10.6 Å². The summed E-state index contributed by atoms with van der Waals surface area (Å²) >= 11 is 0. The number of esters is 1. The van der Waals surface area contributed by atoms with Crippen LogP contribution in [0.5, 0.6) is 0 Å². The van der Waals surface area contributed by atoms with Crippen molar-refractivity contribution >= 4 is 23.8 Å². The van der Waals surface area contributed by atoms with E-state index in [9.17, 15) is 9.59 Å². The Labute approximate surface area is 157 Å². The maximum atomic E-state index is 12.4. The second-order valence-electron chi connectivity index (χ2n) is 6.43. The Kier molecular flexibility index (Phi) is 5.80. The van der Waals surface area contributed by atoms with Gasteiger partial charge in [-0.25, -0.2) is 9.78 Å². The standard InChI is InChI=1S/C20H22N4O3/c1-13(20(26)24-17-9-14-5-3-4-6-15(14)10-17)23-18-12-21-16(11-22-18)7-8-19(25)27-2/h3-8,11-13,17H,9-10H2,1-2H3,(H,22,23)(H,24,26)/t13-/m1/s1. The summed E-state index contributed by atoms with van der Waals surface area (Å²) in [6.07, 6.45) is 7.53. The predicted octanol–water partition coefficient (Wildman–Crippen LogP) is 1.75. The van der Waals surface area contributed by atoms with Gasteiger partial charge in [0.1, 0.15) is 11.9 Å². The van der Waals surface area contributed by atoms with E-state index in [1.165, 1.54) is 42.8 Å². The minimum Gasteiger partial charge on any atom is -0.466 e. The molecule has 1 aromatic heterocycles. The molecule has 7 nitrogen and oxygen atoms in total. The number of hydrogen-bond donors (Lipinski definition) is 2. The van der Waals surface area contributed by atoms with Crippen LogP contribution in [-0.2, 0) is 27.2 Å². The number of fused-ring (bicyclic) bond motifs is 1. The molecule has 3 rings (SSSR count). The quantitative estimate of drug-likeness (QED) is 0.598. The number of nitrogens with zero attached hydrogens (tertiary/aromatic N) is 2. The number of carbonyl (C=O) groups is 2. The number of methoxy groups -OCH3 is 1. The maximum Gasteiger partial charge on any atom is 0.330 e. The molecule has 1 aromatic carbocycles. The lowest BCUT2D eigenvalue weighted by atomic mass is 10.1. The van der Waals surface area contributed by atoms with E-state index in [4.69, 9.17) is 0 Å². The van der Waals surface area contributed by atoms with E-state index in [0.29, 0.717) is 11.5 Å². The summed E-state index contributed by atoms with van der Waals surface area (Å²) in [6, 6.07) is 7.94. The van der Waals surface area contributed by atoms with E-state index in [1.807, 2.05) is 12.1 Å². The number of benzene rings is 1. The van der Waals surface area contributed by atoms with Gasteiger partial charge in [0.25, 0.3) is 0 Å². The third-order valence-electron chi connectivity index (χ3n) is 4.42. The molecule has 0 saturated carbocycles. The normalized spacial score (nSPS) is 14.6. The predicted molar refractivity (Wildman–Crippen MR) is 102 cm³/mol. The molecule has 0 aliphatic heterocycles. The first kappa shape index (κ1) is 18.6. The van der Waals surface area contributed by atoms with Crippen LogP contribution in [0.2, 0.25) is 0 Å². The van der Waals surface area contributed by atoms with E-state index >= 15 is 0 Å². The van der Waals surface area contributed by atoms with Crippen LogP contribution in [0.4, 0.5) is 5.82 Å². The van der Waals surface area contributed by atoms with Crippen LogP contribution in [0, 0.1) is 0 Å². The van der Waals surface area contributed by atoms with Crippen LogP contribution in [0.15, 0.2) is 42.7 Å². The molecule has 0 unspecified atom stereocenters. The highest BCUT2D eigenvalue weighted by Crippen LogP contribution is 2.21. The average Bonchev–Trinajstić information content (AvgIpc) is 3.09. The van der Waals surface area contributed by atoms with Gasteiger partial charge in [-0.05, 0) is 37.0 Å². The lowest BCUT2D eigenvalue weighted by Crippen LogP contribution is -2.43. The average molecular weight is 366 g/mol. The third-order valence-corrected chi connectivity index (χ3v) is 4.42. The first-order valence-electron chi connectivity index (χ1n) is 8.77. The molecule has 7 heteroatoms. The maximum absolute atomic E-state index is 12.4. The van der Waals surface area contributed by atoms with Crippen molar-refractivity contribution in [1.82, 2.24) is 15.3 Å². The van der Waals surface area contributed by atoms with Gasteiger partial charge in [-0.3, -0.25) is 9.78 Å². The van der Waals surface area contributed by atoms with Gasteiger partial charge in [0.2, 0.25) is 5.91 Å². The van der Waals surface area contributed by atoms with E-state index in [2.05, 4.69) is 37.5 Å². The number of carbonyl (C=O) groups excluding carboxylic acids is 2. The molecule has 0 spiro atoms. The van der Waals surface area contributed by atoms with Gasteiger partial charge in [-0.15, -0.1) is 0 Å². The smallest absolute Gasteiger partial charge is 0.330 e. The number of ether oxygens (including phenoxy) is 1. The minimum atomic E-state index is -0.460. The number of amides is 1. The number of rotatable bonds is 6. The highest BCUT2D eigenvalue weighted by Gasteiger charge is 2.24. The zero-order valence-electron chi connectivity index (χ0n) is 15.3. The van der Waals surface area contributed by atoms with Crippen molar-refractivity contribution in [3.05, 3.63) is 59.6 Å². The lowest BCUT2D eigenvalue weighted by Gasteiger charge is -2.18. The molecule has 1 aliphatic rings. The van der Waals surface area contributed by atoms with Crippen molar-refractivity contribution in [1.29, 1.82) is 0 Å². The van der Waals surface area contributed by atoms with E-state index in [-0.39, 0.29) is 11.9 Å². The topological polar surface area (TPSA) is 93.2 Å². The van der Waals surface area contributed by atoms with Crippen LogP contribution >= 0.6 is 0 Å². The second-order valence-corrected chi connectivity index (χ2v) is 6.43. The van der Waals surface area contributed by atoms with Gasteiger partial charge in [0.05, 0.1) is 25.2 Å². The summed E-state index contributed by atoms with van der Waals surface area (Å²) in [7, 11) is 1.31. The molecule has 1 aliphatic carbocycles. The molecule has 2 N–H and O–H groups in total. The zero-order valence-corrected chi connectivity index (χ0v) is 15.3. The molecule has 140 valence electrons. The highest BCUT2D eigenvalue weighted by molar-refractivity contribution is 5.86. The fourth-order valence-corrected chi connectivity index (χ4v) is 2.99. The fraction of sp³-hybridized carbons (Fsp3) is 0.300. The van der Waals surface area contributed by atoms with E-state index in [1.54, 1.807) is 6.92 Å². The van der Waals surface area contributed by atoms with E-state index in [0.717, 1.165) is 12.8 Å². The van der Waals surface area contributed by atoms with Gasteiger partial charge in [0, 0.05) is 12.1 Å². The number of hydrogen-bond acceptors (Lipinski definition) is 6. The molecule has 0 fully saturated rings. The molecule has 1 atom stereocenters. The zero-order chi connectivity index (χ0) is 19.2.